The molecule has 6 nitrogen and oxygen atoms in total. The molecule has 1 N–H and O–H groups in total. The number of aromatic nitrogens is 4. The maximum atomic E-state index is 5.26. The van der Waals surface area contributed by atoms with Crippen LogP contribution >= 0.6 is 0 Å². The van der Waals surface area contributed by atoms with Crippen molar-refractivity contribution in [1.29, 1.82) is 0 Å². The smallest absolute Gasteiger partial charge is 0.143 e. The van der Waals surface area contributed by atoms with Crippen molar-refractivity contribution < 1.29 is 4.74 Å². The van der Waals surface area contributed by atoms with Crippen molar-refractivity contribution in [3.8, 4) is 5.69 Å². The average molecular weight is 275 g/mol. The van der Waals surface area contributed by atoms with E-state index in [-0.39, 0.29) is 6.04 Å². The van der Waals surface area contributed by atoms with Gasteiger partial charge in [0.2, 0.25) is 0 Å². The second-order valence-corrected chi connectivity index (χ2v) is 5.21. The Morgan fingerprint density at radius 3 is 2.75 bits per heavy atom. The predicted molar refractivity (Wildman–Crippen MR) is 78.0 cm³/mol. The highest BCUT2D eigenvalue weighted by molar-refractivity contribution is 5.55. The van der Waals surface area contributed by atoms with E-state index in [4.69, 9.17) is 4.74 Å². The Morgan fingerprint density at radius 1 is 1.35 bits per heavy atom. The van der Waals surface area contributed by atoms with Crippen LogP contribution in [0.15, 0.2) is 24.5 Å². The van der Waals surface area contributed by atoms with Crippen LogP contribution < -0.4 is 5.32 Å². The van der Waals surface area contributed by atoms with E-state index >= 15 is 0 Å². The van der Waals surface area contributed by atoms with Gasteiger partial charge in [-0.1, -0.05) is 19.9 Å². The molecule has 0 fully saturated rings. The molecule has 0 saturated heterocycles. The summed E-state index contributed by atoms with van der Waals surface area (Å²) in [4.78, 5) is 0. The highest BCUT2D eigenvalue weighted by Gasteiger charge is 2.13. The van der Waals surface area contributed by atoms with Gasteiger partial charge in [0.15, 0.2) is 0 Å². The molecule has 0 saturated carbocycles. The summed E-state index contributed by atoms with van der Waals surface area (Å²) in [7, 11) is 1.72. The van der Waals surface area contributed by atoms with E-state index in [0.717, 1.165) is 16.9 Å². The van der Waals surface area contributed by atoms with Gasteiger partial charge in [0, 0.05) is 12.8 Å². The monoisotopic (exact) mass is 275 g/mol. The first kappa shape index (κ1) is 14.5. The van der Waals surface area contributed by atoms with Crippen molar-refractivity contribution in [1.82, 2.24) is 20.2 Å². The zero-order valence-electron chi connectivity index (χ0n) is 12.4. The van der Waals surface area contributed by atoms with Crippen LogP contribution in [0.25, 0.3) is 5.69 Å². The summed E-state index contributed by atoms with van der Waals surface area (Å²) in [5.41, 5.74) is 3.13. The molecular weight excluding hydrogens is 254 g/mol. The first-order chi connectivity index (χ1) is 9.61. The molecule has 2 aromatic rings. The number of tetrazole rings is 1. The number of methoxy groups -OCH3 is 1. The molecule has 0 radical (unpaired) electrons. The number of aryl methyl sites for hydroxylation is 1. The second kappa shape index (κ2) is 6.47. The number of rotatable bonds is 6. The Hall–Kier alpha value is -1.95. The predicted octanol–water partition coefficient (Wildman–Crippen LogP) is 2.05. The number of benzene rings is 1. The molecule has 0 spiro atoms. The van der Waals surface area contributed by atoms with Crippen molar-refractivity contribution in [2.24, 2.45) is 5.92 Å². The van der Waals surface area contributed by atoms with Crippen LogP contribution in [-0.2, 0) is 4.74 Å². The summed E-state index contributed by atoms with van der Waals surface area (Å²) < 4.78 is 6.93. The molecule has 0 aliphatic heterocycles. The number of hydrogen-bond donors (Lipinski definition) is 1. The van der Waals surface area contributed by atoms with Crippen LogP contribution in [0.2, 0.25) is 0 Å². The molecule has 0 aliphatic carbocycles. The molecule has 6 heteroatoms. The minimum absolute atomic E-state index is 0.268. The Kier molecular flexibility index (Phi) is 4.68. The van der Waals surface area contributed by atoms with Crippen molar-refractivity contribution in [2.75, 3.05) is 19.0 Å². The Morgan fingerprint density at radius 2 is 2.15 bits per heavy atom. The maximum Gasteiger partial charge on any atom is 0.143 e. The summed E-state index contributed by atoms with van der Waals surface area (Å²) >= 11 is 0. The molecule has 0 bridgehead atoms. The van der Waals surface area contributed by atoms with Crippen LogP contribution in [0.1, 0.15) is 19.4 Å². The van der Waals surface area contributed by atoms with Crippen molar-refractivity contribution in [3.05, 3.63) is 30.1 Å². The van der Waals surface area contributed by atoms with E-state index in [1.165, 1.54) is 0 Å². The van der Waals surface area contributed by atoms with E-state index in [9.17, 15) is 0 Å². The molecule has 108 valence electrons. The normalized spacial score (nSPS) is 12.7. The summed E-state index contributed by atoms with van der Waals surface area (Å²) in [6.45, 7) is 7.06. The summed E-state index contributed by atoms with van der Waals surface area (Å²) in [6.07, 6.45) is 1.60. The molecule has 20 heavy (non-hydrogen) atoms. The van der Waals surface area contributed by atoms with E-state index in [1.807, 2.05) is 6.92 Å². The number of ether oxygens (including phenoxy) is 1. The van der Waals surface area contributed by atoms with E-state index in [1.54, 1.807) is 18.1 Å². The fourth-order valence-corrected chi connectivity index (χ4v) is 2.01. The largest absolute Gasteiger partial charge is 0.383 e. The molecule has 0 aliphatic rings. The van der Waals surface area contributed by atoms with Gasteiger partial charge in [0.05, 0.1) is 18.3 Å². The van der Waals surface area contributed by atoms with E-state index in [2.05, 4.69) is 52.9 Å². The molecule has 2 rings (SSSR count). The third kappa shape index (κ3) is 3.33. The lowest BCUT2D eigenvalue weighted by Gasteiger charge is -2.23. The van der Waals surface area contributed by atoms with Gasteiger partial charge in [-0.25, -0.2) is 4.68 Å². The highest BCUT2D eigenvalue weighted by Crippen LogP contribution is 2.20. The van der Waals surface area contributed by atoms with Crippen LogP contribution in [0.4, 0.5) is 5.69 Å². The van der Waals surface area contributed by atoms with Crippen molar-refractivity contribution >= 4 is 5.69 Å². The number of nitrogens with zero attached hydrogens (tertiary/aromatic N) is 4. The van der Waals surface area contributed by atoms with Gasteiger partial charge >= 0.3 is 0 Å². The maximum absolute atomic E-state index is 5.26. The fourth-order valence-electron chi connectivity index (χ4n) is 2.01. The van der Waals surface area contributed by atoms with Gasteiger partial charge in [-0.05, 0) is 41.0 Å². The Labute approximate surface area is 119 Å². The Balaban J connectivity index is 2.23. The first-order valence-electron chi connectivity index (χ1n) is 6.71. The summed E-state index contributed by atoms with van der Waals surface area (Å²) in [5.74, 6) is 0.479. The van der Waals surface area contributed by atoms with Crippen LogP contribution in [0.5, 0.6) is 0 Å². The fraction of sp³-hybridized carbons (Fsp3) is 0.500. The third-order valence-corrected chi connectivity index (χ3v) is 3.31. The molecule has 1 unspecified atom stereocenters. The Bertz CT molecular complexity index is 539. The quantitative estimate of drug-likeness (QED) is 0.874. The van der Waals surface area contributed by atoms with Crippen molar-refractivity contribution in [3.63, 3.8) is 0 Å². The summed E-state index contributed by atoms with van der Waals surface area (Å²) in [5, 5.41) is 14.8. The molecule has 1 aromatic carbocycles. The second-order valence-electron chi connectivity index (χ2n) is 5.21. The standard InChI is InChI=1S/C14H21N5O/c1-10(2)13(8-20-4)16-12-6-5-11(3)14(7-12)19-9-15-17-18-19/h5-7,9-10,13,16H,8H2,1-4H3. The molecule has 1 heterocycles. The van der Waals surface area contributed by atoms with Crippen LogP contribution in [0.3, 0.4) is 0 Å². The zero-order valence-corrected chi connectivity index (χ0v) is 12.4. The van der Waals surface area contributed by atoms with Crippen LogP contribution in [0, 0.1) is 12.8 Å². The SMILES string of the molecule is COCC(Nc1ccc(C)c(-n2cnnn2)c1)C(C)C. The van der Waals surface area contributed by atoms with Gasteiger partial charge in [0.25, 0.3) is 0 Å². The zero-order chi connectivity index (χ0) is 14.5. The lowest BCUT2D eigenvalue weighted by atomic mass is 10.0. The number of nitrogens with one attached hydrogen (secondary N) is 1. The van der Waals surface area contributed by atoms with E-state index in [0.29, 0.717) is 12.5 Å². The molecule has 1 aromatic heterocycles. The average Bonchev–Trinajstić information content (AvgIpc) is 2.94. The number of anilines is 1. The molecule has 1 atom stereocenters. The third-order valence-electron chi connectivity index (χ3n) is 3.31. The van der Waals surface area contributed by atoms with Gasteiger partial charge in [0.1, 0.15) is 6.33 Å². The topological polar surface area (TPSA) is 64.9 Å². The lowest BCUT2D eigenvalue weighted by Crippen LogP contribution is -2.30. The van der Waals surface area contributed by atoms with Crippen molar-refractivity contribution in [2.45, 2.75) is 26.8 Å². The minimum Gasteiger partial charge on any atom is -0.383 e. The van der Waals surface area contributed by atoms with Crippen LogP contribution in [-0.4, -0.2) is 40.0 Å². The van der Waals surface area contributed by atoms with Gasteiger partial charge < -0.3 is 10.1 Å². The lowest BCUT2D eigenvalue weighted by molar-refractivity contribution is 0.171. The minimum atomic E-state index is 0.268. The molecular formula is C14H21N5O. The first-order valence-corrected chi connectivity index (χ1v) is 6.71. The number of hydrogen-bond acceptors (Lipinski definition) is 5. The summed E-state index contributed by atoms with van der Waals surface area (Å²) in [6, 6.07) is 6.44. The highest BCUT2D eigenvalue weighted by atomic mass is 16.5. The van der Waals surface area contributed by atoms with Gasteiger partial charge in [-0.15, -0.1) is 5.10 Å². The van der Waals surface area contributed by atoms with Gasteiger partial charge in [-0.3, -0.25) is 0 Å². The van der Waals surface area contributed by atoms with Gasteiger partial charge in [-0.2, -0.15) is 0 Å². The van der Waals surface area contributed by atoms with E-state index < -0.39 is 0 Å². The molecule has 0 amide bonds.